The van der Waals surface area contributed by atoms with Crippen LogP contribution < -0.4 is 43.4 Å². The van der Waals surface area contributed by atoms with Crippen molar-refractivity contribution in [1.29, 1.82) is 0 Å². The number of halogens is 2. The lowest BCUT2D eigenvalue weighted by atomic mass is 10.0. The number of fused-ring (bicyclic) bond motifs is 1. The van der Waals surface area contributed by atoms with Gasteiger partial charge in [0, 0.05) is 30.9 Å². The Kier molecular flexibility index (Phi) is 11.6. The van der Waals surface area contributed by atoms with Crippen LogP contribution in [0.15, 0.2) is 60.9 Å². The van der Waals surface area contributed by atoms with Crippen molar-refractivity contribution in [2.45, 2.75) is 26.8 Å². The van der Waals surface area contributed by atoms with E-state index in [1.807, 2.05) is 0 Å². The van der Waals surface area contributed by atoms with Crippen LogP contribution in [0.4, 0.5) is 5.69 Å². The summed E-state index contributed by atoms with van der Waals surface area (Å²) >= 11 is 0. The Morgan fingerprint density at radius 3 is 2.00 bits per heavy atom. The molecule has 0 fully saturated rings. The molecule has 0 unspecified atom stereocenters. The molecule has 1 heterocycles. The van der Waals surface area contributed by atoms with Crippen molar-refractivity contribution in [3.63, 3.8) is 0 Å². The van der Waals surface area contributed by atoms with Crippen molar-refractivity contribution in [3.05, 3.63) is 72.1 Å². The van der Waals surface area contributed by atoms with Gasteiger partial charge in [-0.3, -0.25) is 0 Å². The average Bonchev–Trinajstić information content (AvgIpc) is 2.73. The van der Waals surface area contributed by atoms with Crippen LogP contribution in [-0.2, 0) is 6.54 Å². The number of hydrogen-bond acceptors (Lipinski definition) is 1. The number of aryl methyl sites for hydroxylation is 1. The molecule has 0 aliphatic carbocycles. The largest absolute Gasteiger partial charge is 1.00 e. The van der Waals surface area contributed by atoms with Gasteiger partial charge in [-0.05, 0) is 53.9 Å². The van der Waals surface area contributed by atoms with E-state index >= 15 is 0 Å². The van der Waals surface area contributed by atoms with E-state index in [-0.39, 0.29) is 34.0 Å². The summed E-state index contributed by atoms with van der Waals surface area (Å²) < 4.78 is 3.29. The number of pyridine rings is 1. The van der Waals surface area contributed by atoms with E-state index in [0.29, 0.717) is 0 Å². The highest BCUT2D eigenvalue weighted by molar-refractivity contribution is 5.88. The smallest absolute Gasteiger partial charge is 0.169 e. The van der Waals surface area contributed by atoms with E-state index in [1.165, 1.54) is 40.6 Å². The van der Waals surface area contributed by atoms with E-state index in [1.54, 1.807) is 0 Å². The second-order valence-electron chi connectivity index (χ2n) is 9.03. The first-order valence-corrected chi connectivity index (χ1v) is 11.1. The zero-order chi connectivity index (χ0) is 21.6. The fourth-order valence-electron chi connectivity index (χ4n) is 3.79. The number of nitrogens with zero attached hydrogens (tertiary/aromatic N) is 3. The van der Waals surface area contributed by atoms with Crippen molar-refractivity contribution in [3.8, 4) is 0 Å². The van der Waals surface area contributed by atoms with Crippen molar-refractivity contribution >= 4 is 28.6 Å². The monoisotopic (exact) mass is 561 g/mol. The van der Waals surface area contributed by atoms with E-state index in [4.69, 9.17) is 0 Å². The summed E-state index contributed by atoms with van der Waals surface area (Å²) in [5.41, 5.74) is 3.77. The van der Waals surface area contributed by atoms with E-state index in [2.05, 4.69) is 118 Å². The van der Waals surface area contributed by atoms with Crippen molar-refractivity contribution in [2.75, 3.05) is 45.7 Å². The lowest BCUT2D eigenvalue weighted by Gasteiger charge is -2.22. The van der Waals surface area contributed by atoms with Crippen LogP contribution in [0.5, 0.6) is 0 Å². The van der Waals surface area contributed by atoms with Gasteiger partial charge in [0.05, 0.1) is 34.1 Å². The van der Waals surface area contributed by atoms with Crippen LogP contribution in [0.25, 0.3) is 22.9 Å². The SMILES string of the molecule is CCN(CC)c1ccc2cc(/C=C/c3cc[n+](CCC[N+](C)(C)C)cc3)ccc2c1.[Br-].[Br-]. The number of hydrogen-bond donors (Lipinski definition) is 0. The van der Waals surface area contributed by atoms with Crippen LogP contribution in [0.1, 0.15) is 31.4 Å². The summed E-state index contributed by atoms with van der Waals surface area (Å²) in [6, 6.07) is 17.9. The van der Waals surface area contributed by atoms with Crippen LogP contribution in [0.2, 0.25) is 0 Å². The van der Waals surface area contributed by atoms with Gasteiger partial charge in [-0.25, -0.2) is 4.57 Å². The second-order valence-corrected chi connectivity index (χ2v) is 9.03. The molecule has 0 N–H and O–H groups in total. The molecule has 0 bridgehead atoms. The van der Waals surface area contributed by atoms with Crippen LogP contribution in [0.3, 0.4) is 0 Å². The Morgan fingerprint density at radius 1 is 0.781 bits per heavy atom. The number of benzene rings is 2. The Labute approximate surface area is 215 Å². The predicted octanol–water partition coefficient (Wildman–Crippen LogP) is -0.752. The predicted molar refractivity (Wildman–Crippen MR) is 131 cm³/mol. The summed E-state index contributed by atoms with van der Waals surface area (Å²) in [6.45, 7) is 8.74. The normalized spacial score (nSPS) is 11.3. The molecule has 5 heteroatoms. The zero-order valence-electron chi connectivity index (χ0n) is 20.1. The molecule has 0 amide bonds. The van der Waals surface area contributed by atoms with Crippen LogP contribution in [0, 0.1) is 0 Å². The fourth-order valence-corrected chi connectivity index (χ4v) is 3.79. The van der Waals surface area contributed by atoms with Gasteiger partial charge in [0.15, 0.2) is 18.9 Å². The Balaban J connectivity index is 0.00000256. The minimum absolute atomic E-state index is 0. The van der Waals surface area contributed by atoms with E-state index < -0.39 is 0 Å². The maximum absolute atomic E-state index is 2.39. The second kappa shape index (κ2) is 13.1. The van der Waals surface area contributed by atoms with E-state index in [0.717, 1.165) is 24.1 Å². The molecule has 1 aromatic heterocycles. The minimum Gasteiger partial charge on any atom is -1.00 e. The van der Waals surface area contributed by atoms with Gasteiger partial charge in [0.2, 0.25) is 0 Å². The molecule has 3 rings (SSSR count). The molecule has 0 saturated heterocycles. The van der Waals surface area contributed by atoms with Crippen LogP contribution in [-0.4, -0.2) is 45.3 Å². The molecular weight excluding hydrogens is 526 g/mol. The molecule has 174 valence electrons. The summed E-state index contributed by atoms with van der Waals surface area (Å²) in [4.78, 5) is 2.39. The summed E-state index contributed by atoms with van der Waals surface area (Å²) in [5.74, 6) is 0. The molecule has 0 aliphatic heterocycles. The van der Waals surface area contributed by atoms with E-state index in [9.17, 15) is 0 Å². The molecule has 0 saturated carbocycles. The molecule has 2 aromatic carbocycles. The first-order valence-electron chi connectivity index (χ1n) is 11.1. The molecule has 32 heavy (non-hydrogen) atoms. The number of rotatable bonds is 9. The molecule has 0 spiro atoms. The summed E-state index contributed by atoms with van der Waals surface area (Å²) in [7, 11) is 6.74. The number of aromatic nitrogens is 1. The molecule has 0 atom stereocenters. The van der Waals surface area contributed by atoms with Gasteiger partial charge >= 0.3 is 0 Å². The third-order valence-corrected chi connectivity index (χ3v) is 5.61. The first-order chi connectivity index (χ1) is 14.4. The average molecular weight is 563 g/mol. The molecular formula is C27H37Br2N3. The number of quaternary nitrogens is 1. The standard InChI is InChI=1S/C27H37N3.2BrH/c1-6-29(7-2)27-14-13-25-21-24(11-12-26(25)22-27)10-9-23-15-18-28(19-16-23)17-8-20-30(3,4)5;;/h9-16,18-19,21-22H,6-8,17,20H2,1-5H3;2*1H/q+2;;/p-2. The third kappa shape index (κ3) is 8.34. The molecule has 3 aromatic rings. The van der Waals surface area contributed by atoms with Gasteiger partial charge in [-0.1, -0.05) is 30.4 Å². The number of anilines is 1. The third-order valence-electron chi connectivity index (χ3n) is 5.61. The summed E-state index contributed by atoms with van der Waals surface area (Å²) in [5, 5.41) is 2.59. The quantitative estimate of drug-likeness (QED) is 0.246. The topological polar surface area (TPSA) is 7.12 Å². The highest BCUT2D eigenvalue weighted by Gasteiger charge is 2.08. The van der Waals surface area contributed by atoms with Crippen LogP contribution >= 0.6 is 0 Å². The zero-order valence-corrected chi connectivity index (χ0v) is 23.2. The molecule has 3 nitrogen and oxygen atoms in total. The molecule has 0 aliphatic rings. The van der Waals surface area contributed by atoms with Gasteiger partial charge in [0.1, 0.15) is 0 Å². The lowest BCUT2D eigenvalue weighted by Crippen LogP contribution is -3.00. The van der Waals surface area contributed by atoms with Crippen molar-refractivity contribution < 1.29 is 43.0 Å². The maximum atomic E-state index is 2.39. The maximum Gasteiger partial charge on any atom is 0.169 e. The highest BCUT2D eigenvalue weighted by Crippen LogP contribution is 2.24. The first kappa shape index (κ1) is 28.3. The summed E-state index contributed by atoms with van der Waals surface area (Å²) in [6.07, 6.45) is 9.96. The highest BCUT2D eigenvalue weighted by atomic mass is 79.9. The van der Waals surface area contributed by atoms with Crippen molar-refractivity contribution in [2.24, 2.45) is 0 Å². The Morgan fingerprint density at radius 2 is 1.38 bits per heavy atom. The Bertz CT molecular complexity index is 988. The van der Waals surface area contributed by atoms with Gasteiger partial charge in [0.25, 0.3) is 0 Å². The lowest BCUT2D eigenvalue weighted by molar-refractivity contribution is -0.873. The molecule has 0 radical (unpaired) electrons. The van der Waals surface area contributed by atoms with Gasteiger partial charge in [-0.2, -0.15) is 0 Å². The fraction of sp³-hybridized carbons (Fsp3) is 0.370. The van der Waals surface area contributed by atoms with Gasteiger partial charge in [-0.15, -0.1) is 0 Å². The minimum atomic E-state index is 0. The Hall–Kier alpha value is -1.69. The van der Waals surface area contributed by atoms with Gasteiger partial charge < -0.3 is 43.3 Å². The van der Waals surface area contributed by atoms with Crippen molar-refractivity contribution in [1.82, 2.24) is 0 Å².